The van der Waals surface area contributed by atoms with Gasteiger partial charge in [-0.05, 0) is 48.0 Å². The lowest BCUT2D eigenvalue weighted by atomic mass is 10.3. The quantitative estimate of drug-likeness (QED) is 0.786. The van der Waals surface area contributed by atoms with Crippen molar-refractivity contribution in [2.75, 3.05) is 18.9 Å². The number of aryl methyl sites for hydroxylation is 1. The Morgan fingerprint density at radius 3 is 2.76 bits per heavy atom. The molecule has 0 aliphatic carbocycles. The van der Waals surface area contributed by atoms with E-state index in [-0.39, 0.29) is 12.4 Å². The van der Waals surface area contributed by atoms with Crippen molar-refractivity contribution >= 4 is 33.6 Å². The predicted octanol–water partition coefficient (Wildman–Crippen LogP) is 2.75. The molecule has 2 rings (SSSR count). The minimum Gasteiger partial charge on any atom is -0.480 e. The molecule has 1 aromatic heterocycles. The minimum absolute atomic E-state index is 0.178. The largest absolute Gasteiger partial charge is 0.480 e. The Bertz CT molecular complexity index is 780. The monoisotopic (exact) mass is 413 g/mol. The number of likely N-dealkylation sites (N-methyl/N-ethyl adjacent to an activating group) is 1. The molecule has 0 unspecified atom stereocenters. The van der Waals surface area contributed by atoms with Gasteiger partial charge >= 0.3 is 0 Å². The van der Waals surface area contributed by atoms with Gasteiger partial charge < -0.3 is 19.5 Å². The number of amides is 2. The molecule has 0 aliphatic heterocycles. The van der Waals surface area contributed by atoms with Gasteiger partial charge in [-0.25, -0.2) is 4.39 Å². The van der Waals surface area contributed by atoms with Crippen molar-refractivity contribution in [2.45, 2.75) is 20.0 Å². The van der Waals surface area contributed by atoms with Crippen molar-refractivity contribution in [1.29, 1.82) is 0 Å². The van der Waals surface area contributed by atoms with Crippen LogP contribution >= 0.6 is 15.9 Å². The van der Waals surface area contributed by atoms with Crippen LogP contribution in [0.5, 0.6) is 5.75 Å². The smallest absolute Gasteiger partial charge is 0.263 e. The number of nitrogens with zero attached hydrogens (tertiary/aromatic N) is 2. The molecule has 0 spiro atoms. The van der Waals surface area contributed by atoms with Gasteiger partial charge in [-0.3, -0.25) is 9.59 Å². The summed E-state index contributed by atoms with van der Waals surface area (Å²) in [5.41, 5.74) is 0. The van der Waals surface area contributed by atoms with Crippen LogP contribution in [-0.2, 0) is 9.59 Å². The third-order valence-corrected chi connectivity index (χ3v) is 3.82. The summed E-state index contributed by atoms with van der Waals surface area (Å²) < 4.78 is 23.8. The van der Waals surface area contributed by atoms with Gasteiger partial charge in [-0.1, -0.05) is 5.16 Å². The summed E-state index contributed by atoms with van der Waals surface area (Å²) in [4.78, 5) is 25.5. The SMILES string of the molecule is Cc1cc(NC(=O)CN(C)C(=O)[C@@H](C)Oc2ccc(F)cc2Br)no1. The van der Waals surface area contributed by atoms with Crippen molar-refractivity contribution < 1.29 is 23.2 Å². The van der Waals surface area contributed by atoms with Crippen LogP contribution in [0.15, 0.2) is 33.3 Å². The highest BCUT2D eigenvalue weighted by Crippen LogP contribution is 2.26. The van der Waals surface area contributed by atoms with Crippen LogP contribution in [0.3, 0.4) is 0 Å². The Morgan fingerprint density at radius 2 is 2.16 bits per heavy atom. The maximum Gasteiger partial charge on any atom is 0.263 e. The molecule has 1 aromatic carbocycles. The van der Waals surface area contributed by atoms with Crippen molar-refractivity contribution in [1.82, 2.24) is 10.1 Å². The number of carbonyl (C=O) groups is 2. The second-order valence-electron chi connectivity index (χ2n) is 5.40. The third-order valence-electron chi connectivity index (χ3n) is 3.20. The lowest BCUT2D eigenvalue weighted by Crippen LogP contribution is -2.42. The van der Waals surface area contributed by atoms with Crippen LogP contribution in [0.25, 0.3) is 0 Å². The second kappa shape index (κ2) is 8.11. The molecular formula is C16H17BrFN3O4. The third kappa shape index (κ3) is 5.28. The number of carbonyl (C=O) groups excluding carboxylic acids is 2. The number of aromatic nitrogens is 1. The summed E-state index contributed by atoms with van der Waals surface area (Å²) in [5.74, 6) is -0.0650. The zero-order valence-corrected chi connectivity index (χ0v) is 15.5. The van der Waals surface area contributed by atoms with Crippen LogP contribution in [0, 0.1) is 12.7 Å². The van der Waals surface area contributed by atoms with Gasteiger partial charge in [-0.2, -0.15) is 0 Å². The first-order valence-corrected chi connectivity index (χ1v) is 8.15. The van der Waals surface area contributed by atoms with E-state index in [0.717, 1.165) is 0 Å². The van der Waals surface area contributed by atoms with Gasteiger partial charge in [0.25, 0.3) is 5.91 Å². The fourth-order valence-corrected chi connectivity index (χ4v) is 2.47. The van der Waals surface area contributed by atoms with E-state index in [1.54, 1.807) is 19.9 Å². The summed E-state index contributed by atoms with van der Waals surface area (Å²) in [6.07, 6.45) is -0.853. The number of rotatable bonds is 6. The van der Waals surface area contributed by atoms with E-state index in [0.29, 0.717) is 16.0 Å². The van der Waals surface area contributed by atoms with Crippen molar-refractivity contribution in [3.63, 3.8) is 0 Å². The molecule has 25 heavy (non-hydrogen) atoms. The normalized spacial score (nSPS) is 11.7. The fourth-order valence-electron chi connectivity index (χ4n) is 2.02. The highest BCUT2D eigenvalue weighted by molar-refractivity contribution is 9.10. The predicted molar refractivity (Wildman–Crippen MR) is 91.7 cm³/mol. The first-order valence-electron chi connectivity index (χ1n) is 7.36. The lowest BCUT2D eigenvalue weighted by molar-refractivity contribution is -0.139. The van der Waals surface area contributed by atoms with E-state index in [4.69, 9.17) is 9.26 Å². The number of ether oxygens (including phenoxy) is 1. The summed E-state index contributed by atoms with van der Waals surface area (Å²) in [6.45, 7) is 3.07. The highest BCUT2D eigenvalue weighted by Gasteiger charge is 2.22. The molecule has 0 fully saturated rings. The molecule has 0 saturated heterocycles. The van der Waals surface area contributed by atoms with Crippen LogP contribution < -0.4 is 10.1 Å². The van der Waals surface area contributed by atoms with Gasteiger partial charge in [0.2, 0.25) is 5.91 Å². The zero-order valence-electron chi connectivity index (χ0n) is 13.9. The van der Waals surface area contributed by atoms with Gasteiger partial charge in [0, 0.05) is 13.1 Å². The molecule has 0 bridgehead atoms. The number of benzene rings is 1. The molecule has 0 radical (unpaired) electrons. The van der Waals surface area contributed by atoms with Crippen molar-refractivity contribution in [3.05, 3.63) is 40.3 Å². The number of anilines is 1. The lowest BCUT2D eigenvalue weighted by Gasteiger charge is -2.22. The van der Waals surface area contributed by atoms with Crippen molar-refractivity contribution in [2.24, 2.45) is 0 Å². The van der Waals surface area contributed by atoms with Crippen LogP contribution in [0.4, 0.5) is 10.2 Å². The maximum atomic E-state index is 13.1. The Kier molecular flexibility index (Phi) is 6.13. The molecule has 2 aromatic rings. The second-order valence-corrected chi connectivity index (χ2v) is 6.25. The fraction of sp³-hybridized carbons (Fsp3) is 0.312. The van der Waals surface area contributed by atoms with E-state index >= 15 is 0 Å². The van der Waals surface area contributed by atoms with Gasteiger partial charge in [0.1, 0.15) is 17.3 Å². The van der Waals surface area contributed by atoms with Crippen LogP contribution in [-0.4, -0.2) is 41.6 Å². The average Bonchev–Trinajstić information content (AvgIpc) is 2.93. The molecular weight excluding hydrogens is 397 g/mol. The minimum atomic E-state index is -0.853. The van der Waals surface area contributed by atoms with E-state index in [1.807, 2.05) is 0 Å². The van der Waals surface area contributed by atoms with Gasteiger partial charge in [0.15, 0.2) is 11.9 Å². The molecule has 1 heterocycles. The van der Waals surface area contributed by atoms with Gasteiger partial charge in [0.05, 0.1) is 11.0 Å². The first kappa shape index (κ1) is 18.9. The Balaban J connectivity index is 1.90. The average molecular weight is 414 g/mol. The van der Waals surface area contributed by atoms with E-state index in [9.17, 15) is 14.0 Å². The summed E-state index contributed by atoms with van der Waals surface area (Å²) >= 11 is 3.17. The van der Waals surface area contributed by atoms with E-state index < -0.39 is 23.7 Å². The topological polar surface area (TPSA) is 84.7 Å². The van der Waals surface area contributed by atoms with E-state index in [2.05, 4.69) is 26.4 Å². The summed E-state index contributed by atoms with van der Waals surface area (Å²) in [5, 5.41) is 6.17. The number of nitrogens with one attached hydrogen (secondary N) is 1. The number of halogens is 2. The highest BCUT2D eigenvalue weighted by atomic mass is 79.9. The first-order chi connectivity index (χ1) is 11.8. The Morgan fingerprint density at radius 1 is 1.44 bits per heavy atom. The molecule has 2 amide bonds. The number of hydrogen-bond donors (Lipinski definition) is 1. The molecule has 7 nitrogen and oxygen atoms in total. The molecule has 1 atom stereocenters. The molecule has 1 N–H and O–H groups in total. The molecule has 9 heteroatoms. The molecule has 0 saturated carbocycles. The zero-order chi connectivity index (χ0) is 18.6. The van der Waals surface area contributed by atoms with Crippen molar-refractivity contribution in [3.8, 4) is 5.75 Å². The number of hydrogen-bond acceptors (Lipinski definition) is 5. The van der Waals surface area contributed by atoms with Crippen LogP contribution in [0.1, 0.15) is 12.7 Å². The maximum absolute atomic E-state index is 13.1. The summed E-state index contributed by atoms with van der Waals surface area (Å²) in [6, 6.07) is 5.46. The standard InChI is InChI=1S/C16H17BrFN3O4/c1-9-6-14(20-25-9)19-15(22)8-21(3)16(23)10(2)24-13-5-4-11(18)7-12(13)17/h4-7,10H,8H2,1-3H3,(H,19,20,22)/t10-/m1/s1. The Labute approximate surface area is 152 Å². The molecule has 0 aliphatic rings. The molecule has 134 valence electrons. The van der Waals surface area contributed by atoms with E-state index in [1.165, 1.54) is 30.1 Å². The van der Waals surface area contributed by atoms with Gasteiger partial charge in [-0.15, -0.1) is 0 Å². The Hall–Kier alpha value is -2.42. The summed E-state index contributed by atoms with van der Waals surface area (Å²) in [7, 11) is 1.48. The van der Waals surface area contributed by atoms with Crippen LogP contribution in [0.2, 0.25) is 0 Å².